The number of methoxy groups -OCH3 is 1. The predicted molar refractivity (Wildman–Crippen MR) is 82.7 cm³/mol. The predicted octanol–water partition coefficient (Wildman–Crippen LogP) is 2.15. The molecule has 0 radical (unpaired) electrons. The summed E-state index contributed by atoms with van der Waals surface area (Å²) >= 11 is 5.16. The lowest BCUT2D eigenvalue weighted by Crippen LogP contribution is -2.19. The highest BCUT2D eigenvalue weighted by Gasteiger charge is 2.12. The molecule has 9 heteroatoms. The summed E-state index contributed by atoms with van der Waals surface area (Å²) in [7, 11) is 3.22. The van der Waals surface area contributed by atoms with E-state index in [0.29, 0.717) is 22.4 Å². The van der Waals surface area contributed by atoms with Crippen molar-refractivity contribution in [3.63, 3.8) is 0 Å². The molecule has 21 heavy (non-hydrogen) atoms. The third-order valence-electron chi connectivity index (χ3n) is 2.60. The Labute approximate surface area is 125 Å². The van der Waals surface area contributed by atoms with E-state index in [2.05, 4.69) is 15.7 Å². The van der Waals surface area contributed by atoms with Crippen molar-refractivity contribution >= 4 is 34.5 Å². The highest BCUT2D eigenvalue weighted by Crippen LogP contribution is 2.29. The maximum absolute atomic E-state index is 10.7. The smallest absolute Gasteiger partial charge is 0.273 e. The number of thiocarbonyl (C=S) groups is 1. The molecule has 1 aromatic heterocycles. The van der Waals surface area contributed by atoms with Gasteiger partial charge in [-0.15, -0.1) is 0 Å². The monoisotopic (exact) mass is 307 g/mol. The summed E-state index contributed by atoms with van der Waals surface area (Å²) < 4.78 is 6.75. The summed E-state index contributed by atoms with van der Waals surface area (Å²) in [6, 6.07) is 5.99. The maximum atomic E-state index is 10.7. The molecule has 0 fully saturated rings. The van der Waals surface area contributed by atoms with Gasteiger partial charge in [-0.05, 0) is 18.3 Å². The second kappa shape index (κ2) is 6.18. The highest BCUT2D eigenvalue weighted by molar-refractivity contribution is 7.80. The van der Waals surface area contributed by atoms with Gasteiger partial charge in [0.15, 0.2) is 10.9 Å². The maximum Gasteiger partial charge on any atom is 0.273 e. The molecule has 0 saturated heterocycles. The van der Waals surface area contributed by atoms with Crippen LogP contribution in [-0.2, 0) is 7.05 Å². The Morgan fingerprint density at radius 3 is 2.76 bits per heavy atom. The Hall–Kier alpha value is -2.68. The number of non-ortho nitro benzene ring substituents is 1. The normalized spacial score (nSPS) is 10.0. The Morgan fingerprint density at radius 2 is 2.19 bits per heavy atom. The van der Waals surface area contributed by atoms with Crippen LogP contribution in [0.25, 0.3) is 0 Å². The molecule has 0 spiro atoms. The van der Waals surface area contributed by atoms with Crippen molar-refractivity contribution in [3.8, 4) is 5.75 Å². The van der Waals surface area contributed by atoms with Gasteiger partial charge in [0.25, 0.3) is 5.69 Å². The van der Waals surface area contributed by atoms with Crippen LogP contribution in [-0.4, -0.2) is 26.9 Å². The molecule has 110 valence electrons. The molecule has 2 rings (SSSR count). The number of hydrogen-bond donors (Lipinski definition) is 2. The summed E-state index contributed by atoms with van der Waals surface area (Å²) in [4.78, 5) is 10.2. The fourth-order valence-corrected chi connectivity index (χ4v) is 1.86. The van der Waals surface area contributed by atoms with Crippen molar-refractivity contribution in [2.75, 3.05) is 17.7 Å². The Kier molecular flexibility index (Phi) is 4.33. The topological polar surface area (TPSA) is 94.3 Å². The van der Waals surface area contributed by atoms with Gasteiger partial charge in [0, 0.05) is 25.4 Å². The highest BCUT2D eigenvalue weighted by atomic mass is 32.1. The lowest BCUT2D eigenvalue weighted by Gasteiger charge is -2.12. The van der Waals surface area contributed by atoms with E-state index in [1.54, 1.807) is 24.0 Å². The average Bonchev–Trinajstić information content (AvgIpc) is 2.84. The molecule has 0 saturated carbocycles. The molecule has 1 heterocycles. The minimum atomic E-state index is -0.489. The standard InChI is InChI=1S/C12H13N5O3S/c1-16-6-5-11(15-16)14-12(21)13-9-4-3-8(17(18)19)7-10(9)20-2/h3-7H,1-2H3,(H2,13,14,15,21). The van der Waals surface area contributed by atoms with Crippen LogP contribution < -0.4 is 15.4 Å². The largest absolute Gasteiger partial charge is 0.494 e. The van der Waals surface area contributed by atoms with Crippen molar-refractivity contribution in [2.45, 2.75) is 0 Å². The summed E-state index contributed by atoms with van der Waals surface area (Å²) in [5, 5.41) is 21.0. The molecule has 0 amide bonds. The van der Waals surface area contributed by atoms with Crippen LogP contribution in [0.5, 0.6) is 5.75 Å². The van der Waals surface area contributed by atoms with E-state index >= 15 is 0 Å². The molecule has 0 unspecified atom stereocenters. The van der Waals surface area contributed by atoms with Crippen LogP contribution in [0, 0.1) is 10.1 Å². The van der Waals surface area contributed by atoms with Crippen molar-refractivity contribution in [1.82, 2.24) is 9.78 Å². The summed E-state index contributed by atoms with van der Waals surface area (Å²) in [5.74, 6) is 0.922. The zero-order valence-corrected chi connectivity index (χ0v) is 12.2. The molecule has 0 aliphatic heterocycles. The molecule has 2 N–H and O–H groups in total. The Morgan fingerprint density at radius 1 is 1.43 bits per heavy atom. The lowest BCUT2D eigenvalue weighted by molar-refractivity contribution is -0.384. The number of aryl methyl sites for hydroxylation is 1. The zero-order valence-electron chi connectivity index (χ0n) is 11.4. The van der Waals surface area contributed by atoms with Gasteiger partial charge in [-0.1, -0.05) is 0 Å². The third kappa shape index (κ3) is 3.66. The first-order valence-corrected chi connectivity index (χ1v) is 6.30. The van der Waals surface area contributed by atoms with Crippen LogP contribution in [0.2, 0.25) is 0 Å². The van der Waals surface area contributed by atoms with Crippen LogP contribution in [0.15, 0.2) is 30.5 Å². The third-order valence-corrected chi connectivity index (χ3v) is 2.80. The Balaban J connectivity index is 2.11. The molecule has 2 aromatic rings. The molecular formula is C12H13N5O3S. The van der Waals surface area contributed by atoms with Crippen molar-refractivity contribution in [3.05, 3.63) is 40.6 Å². The second-order valence-corrected chi connectivity index (χ2v) is 4.50. The molecule has 8 nitrogen and oxygen atoms in total. The van der Waals surface area contributed by atoms with Crippen LogP contribution in [0.3, 0.4) is 0 Å². The van der Waals surface area contributed by atoms with E-state index in [4.69, 9.17) is 17.0 Å². The first kappa shape index (κ1) is 14.7. The van der Waals surface area contributed by atoms with Crippen LogP contribution in [0.1, 0.15) is 0 Å². The number of hydrogen-bond acceptors (Lipinski definition) is 5. The van der Waals surface area contributed by atoms with Gasteiger partial charge in [-0.2, -0.15) is 5.10 Å². The lowest BCUT2D eigenvalue weighted by atomic mass is 10.2. The number of nitro benzene ring substituents is 1. The summed E-state index contributed by atoms with van der Waals surface area (Å²) in [5.41, 5.74) is 0.470. The fourth-order valence-electron chi connectivity index (χ4n) is 1.65. The second-order valence-electron chi connectivity index (χ2n) is 4.10. The van der Waals surface area contributed by atoms with E-state index in [0.717, 1.165) is 0 Å². The van der Waals surface area contributed by atoms with Crippen LogP contribution in [0.4, 0.5) is 17.2 Å². The van der Waals surface area contributed by atoms with E-state index in [9.17, 15) is 10.1 Å². The van der Waals surface area contributed by atoms with Crippen molar-refractivity contribution in [1.29, 1.82) is 0 Å². The van der Waals surface area contributed by atoms with Gasteiger partial charge in [-0.3, -0.25) is 14.8 Å². The van der Waals surface area contributed by atoms with Gasteiger partial charge >= 0.3 is 0 Å². The SMILES string of the molecule is COc1cc([N+](=O)[O-])ccc1NC(=S)Nc1ccn(C)n1. The minimum Gasteiger partial charge on any atom is -0.494 e. The zero-order chi connectivity index (χ0) is 15.4. The number of nitro groups is 1. The number of aromatic nitrogens is 2. The van der Waals surface area contributed by atoms with Gasteiger partial charge in [0.2, 0.25) is 0 Å². The quantitative estimate of drug-likeness (QED) is 0.507. The molecule has 0 aliphatic carbocycles. The molecular weight excluding hydrogens is 294 g/mol. The average molecular weight is 307 g/mol. The van der Waals surface area contributed by atoms with Gasteiger partial charge in [0.05, 0.1) is 23.8 Å². The number of nitrogens with zero attached hydrogens (tertiary/aromatic N) is 3. The van der Waals surface area contributed by atoms with Crippen molar-refractivity contribution < 1.29 is 9.66 Å². The van der Waals surface area contributed by atoms with Crippen LogP contribution >= 0.6 is 12.2 Å². The number of ether oxygens (including phenoxy) is 1. The number of anilines is 2. The van der Waals surface area contributed by atoms with Gasteiger partial charge < -0.3 is 15.4 Å². The van der Waals surface area contributed by atoms with Gasteiger partial charge in [0.1, 0.15) is 5.75 Å². The minimum absolute atomic E-state index is 0.0546. The fraction of sp³-hybridized carbons (Fsp3) is 0.167. The summed E-state index contributed by atoms with van der Waals surface area (Å²) in [6.07, 6.45) is 1.78. The van der Waals surface area contributed by atoms with E-state index < -0.39 is 4.92 Å². The summed E-state index contributed by atoms with van der Waals surface area (Å²) in [6.45, 7) is 0. The van der Waals surface area contributed by atoms with E-state index in [1.165, 1.54) is 25.3 Å². The van der Waals surface area contributed by atoms with Crippen molar-refractivity contribution in [2.24, 2.45) is 7.05 Å². The first-order chi connectivity index (χ1) is 9.99. The van der Waals surface area contributed by atoms with E-state index in [1.807, 2.05) is 0 Å². The molecule has 1 aromatic carbocycles. The first-order valence-electron chi connectivity index (χ1n) is 5.89. The number of nitrogens with one attached hydrogen (secondary N) is 2. The molecule has 0 bridgehead atoms. The Bertz CT molecular complexity index is 685. The molecule has 0 atom stereocenters. The van der Waals surface area contributed by atoms with E-state index in [-0.39, 0.29) is 5.69 Å². The molecule has 0 aliphatic rings. The number of rotatable bonds is 4. The number of benzene rings is 1. The van der Waals surface area contributed by atoms with Gasteiger partial charge in [-0.25, -0.2) is 0 Å².